The average molecular weight is 237 g/mol. The van der Waals surface area contributed by atoms with Crippen LogP contribution in [0.4, 0.5) is 0 Å². The quantitative estimate of drug-likeness (QED) is 0.821. The minimum absolute atomic E-state index is 0.457. The van der Waals surface area contributed by atoms with E-state index < -0.39 is 0 Å². The van der Waals surface area contributed by atoms with Gasteiger partial charge in [-0.25, -0.2) is 0 Å². The Morgan fingerprint density at radius 1 is 1.50 bits per heavy atom. The molecular weight excluding hydrogens is 214 g/mol. The van der Waals surface area contributed by atoms with E-state index in [-0.39, 0.29) is 0 Å². The second-order valence-corrected chi connectivity index (χ2v) is 6.42. The Labute approximate surface area is 103 Å². The van der Waals surface area contributed by atoms with Crippen LogP contribution in [-0.2, 0) is 5.41 Å². The highest BCUT2D eigenvalue weighted by Gasteiger charge is 2.44. The Kier molecular flexibility index (Phi) is 3.70. The summed E-state index contributed by atoms with van der Waals surface area (Å²) in [5.74, 6) is 0.955. The molecule has 0 radical (unpaired) electrons. The van der Waals surface area contributed by atoms with E-state index in [1.165, 1.54) is 19.3 Å². The van der Waals surface area contributed by atoms with Crippen LogP contribution in [0.3, 0.4) is 0 Å². The molecule has 90 valence electrons. The molecule has 1 saturated carbocycles. The van der Waals surface area contributed by atoms with Crippen LogP contribution in [-0.4, -0.2) is 12.6 Å². The van der Waals surface area contributed by atoms with E-state index in [9.17, 15) is 0 Å². The first-order chi connectivity index (χ1) is 7.66. The van der Waals surface area contributed by atoms with Crippen LogP contribution in [0.5, 0.6) is 0 Å². The second-order valence-electron chi connectivity index (χ2n) is 5.48. The molecule has 0 aromatic carbocycles. The van der Waals surface area contributed by atoms with Gasteiger partial charge < -0.3 is 5.32 Å². The van der Waals surface area contributed by atoms with Crippen LogP contribution in [0.1, 0.15) is 44.9 Å². The Bertz CT molecular complexity index is 309. The molecule has 0 amide bonds. The number of thiophene rings is 1. The first-order valence-corrected chi connectivity index (χ1v) is 7.31. The maximum absolute atomic E-state index is 3.63. The molecule has 1 fully saturated rings. The topological polar surface area (TPSA) is 12.0 Å². The van der Waals surface area contributed by atoms with E-state index >= 15 is 0 Å². The summed E-state index contributed by atoms with van der Waals surface area (Å²) in [7, 11) is 0. The first kappa shape index (κ1) is 12.1. The zero-order chi connectivity index (χ0) is 11.6. The SMILES string of the molecule is CCC1CC(CNC(C)C)(c2cccs2)C1. The van der Waals surface area contributed by atoms with Gasteiger partial charge in [0.25, 0.3) is 0 Å². The van der Waals surface area contributed by atoms with Crippen molar-refractivity contribution >= 4 is 11.3 Å². The maximum atomic E-state index is 3.63. The summed E-state index contributed by atoms with van der Waals surface area (Å²) in [6.45, 7) is 7.94. The van der Waals surface area contributed by atoms with E-state index in [2.05, 4.69) is 43.6 Å². The van der Waals surface area contributed by atoms with Crippen molar-refractivity contribution in [3.8, 4) is 0 Å². The van der Waals surface area contributed by atoms with Crippen LogP contribution in [0.25, 0.3) is 0 Å². The lowest BCUT2D eigenvalue weighted by Gasteiger charge is -2.48. The van der Waals surface area contributed by atoms with Crippen LogP contribution < -0.4 is 5.32 Å². The van der Waals surface area contributed by atoms with Gasteiger partial charge in [0.05, 0.1) is 0 Å². The van der Waals surface area contributed by atoms with Gasteiger partial charge in [-0.1, -0.05) is 33.3 Å². The van der Waals surface area contributed by atoms with Crippen molar-refractivity contribution in [2.75, 3.05) is 6.54 Å². The number of rotatable bonds is 5. The molecule has 2 rings (SSSR count). The van der Waals surface area contributed by atoms with Crippen molar-refractivity contribution in [1.82, 2.24) is 5.32 Å². The Morgan fingerprint density at radius 3 is 2.75 bits per heavy atom. The summed E-state index contributed by atoms with van der Waals surface area (Å²) in [5, 5.41) is 5.84. The molecule has 1 aliphatic carbocycles. The summed E-state index contributed by atoms with van der Waals surface area (Å²) in [6, 6.07) is 5.10. The third kappa shape index (κ3) is 2.33. The summed E-state index contributed by atoms with van der Waals surface area (Å²) in [5.41, 5.74) is 0.457. The van der Waals surface area contributed by atoms with Crippen LogP contribution in [0, 0.1) is 5.92 Å². The van der Waals surface area contributed by atoms with E-state index in [4.69, 9.17) is 0 Å². The maximum Gasteiger partial charge on any atom is 0.0177 e. The summed E-state index contributed by atoms with van der Waals surface area (Å²) in [4.78, 5) is 1.59. The highest BCUT2D eigenvalue weighted by molar-refractivity contribution is 7.10. The molecule has 0 saturated heterocycles. The van der Waals surface area contributed by atoms with Gasteiger partial charge in [0.1, 0.15) is 0 Å². The summed E-state index contributed by atoms with van der Waals surface area (Å²) >= 11 is 1.93. The summed E-state index contributed by atoms with van der Waals surface area (Å²) in [6.07, 6.45) is 4.10. The van der Waals surface area contributed by atoms with Crippen molar-refractivity contribution in [2.24, 2.45) is 5.92 Å². The van der Waals surface area contributed by atoms with Gasteiger partial charge in [-0.15, -0.1) is 11.3 Å². The molecule has 1 aliphatic rings. The minimum Gasteiger partial charge on any atom is -0.314 e. The molecule has 0 aliphatic heterocycles. The van der Waals surface area contributed by atoms with E-state index in [0.717, 1.165) is 12.5 Å². The lowest BCUT2D eigenvalue weighted by Crippen LogP contribution is -2.49. The fourth-order valence-corrected chi connectivity index (χ4v) is 3.70. The van der Waals surface area contributed by atoms with Gasteiger partial charge in [0.15, 0.2) is 0 Å². The molecule has 0 spiro atoms. The largest absolute Gasteiger partial charge is 0.314 e. The lowest BCUT2D eigenvalue weighted by atomic mass is 9.60. The molecule has 0 bridgehead atoms. The van der Waals surface area contributed by atoms with Gasteiger partial charge in [-0.3, -0.25) is 0 Å². The van der Waals surface area contributed by atoms with Crippen molar-refractivity contribution in [1.29, 1.82) is 0 Å². The van der Waals surface area contributed by atoms with E-state index in [0.29, 0.717) is 11.5 Å². The Morgan fingerprint density at radius 2 is 2.25 bits per heavy atom. The number of nitrogens with one attached hydrogen (secondary N) is 1. The predicted molar refractivity (Wildman–Crippen MR) is 72.2 cm³/mol. The number of hydrogen-bond donors (Lipinski definition) is 1. The van der Waals surface area contributed by atoms with Gasteiger partial charge in [0.2, 0.25) is 0 Å². The summed E-state index contributed by atoms with van der Waals surface area (Å²) < 4.78 is 0. The lowest BCUT2D eigenvalue weighted by molar-refractivity contribution is 0.135. The molecule has 1 N–H and O–H groups in total. The highest BCUT2D eigenvalue weighted by atomic mass is 32.1. The molecule has 1 heterocycles. The van der Waals surface area contributed by atoms with Crippen molar-refractivity contribution in [3.05, 3.63) is 22.4 Å². The molecule has 0 unspecified atom stereocenters. The van der Waals surface area contributed by atoms with Crippen molar-refractivity contribution in [3.63, 3.8) is 0 Å². The van der Waals surface area contributed by atoms with Gasteiger partial charge in [-0.2, -0.15) is 0 Å². The standard InChI is InChI=1S/C14H23NS/c1-4-12-8-14(9-12,10-15-11(2)3)13-6-5-7-16-13/h5-7,11-12,15H,4,8-10H2,1-3H3. The fourth-order valence-electron chi connectivity index (χ4n) is 2.75. The fraction of sp³-hybridized carbons (Fsp3) is 0.714. The highest BCUT2D eigenvalue weighted by Crippen LogP contribution is 2.50. The van der Waals surface area contributed by atoms with Crippen LogP contribution >= 0.6 is 11.3 Å². The van der Waals surface area contributed by atoms with Gasteiger partial charge in [0, 0.05) is 22.9 Å². The van der Waals surface area contributed by atoms with E-state index in [1.807, 2.05) is 11.3 Å². The molecule has 2 heteroatoms. The van der Waals surface area contributed by atoms with Gasteiger partial charge in [-0.05, 0) is 30.2 Å². The molecular formula is C14H23NS. The molecule has 1 nitrogen and oxygen atoms in total. The minimum atomic E-state index is 0.457. The predicted octanol–water partition coefficient (Wildman–Crippen LogP) is 3.80. The smallest absolute Gasteiger partial charge is 0.0177 e. The third-order valence-corrected chi connectivity index (χ3v) is 4.94. The molecule has 0 atom stereocenters. The molecule has 1 aromatic rings. The van der Waals surface area contributed by atoms with Crippen molar-refractivity contribution in [2.45, 2.75) is 51.5 Å². The monoisotopic (exact) mass is 237 g/mol. The van der Waals surface area contributed by atoms with Crippen molar-refractivity contribution < 1.29 is 0 Å². The molecule has 1 aromatic heterocycles. The first-order valence-electron chi connectivity index (χ1n) is 6.43. The Balaban J connectivity index is 2.04. The zero-order valence-corrected chi connectivity index (χ0v) is 11.4. The third-order valence-electron chi connectivity index (χ3n) is 3.83. The second kappa shape index (κ2) is 4.89. The van der Waals surface area contributed by atoms with Crippen LogP contribution in [0.2, 0.25) is 0 Å². The average Bonchev–Trinajstić information content (AvgIpc) is 2.69. The zero-order valence-electron chi connectivity index (χ0n) is 10.6. The Hall–Kier alpha value is -0.340. The number of hydrogen-bond acceptors (Lipinski definition) is 2. The van der Waals surface area contributed by atoms with Gasteiger partial charge >= 0.3 is 0 Å². The van der Waals surface area contributed by atoms with Crippen LogP contribution in [0.15, 0.2) is 17.5 Å². The van der Waals surface area contributed by atoms with E-state index in [1.54, 1.807) is 4.88 Å². The normalized spacial score (nSPS) is 29.4. The molecule has 16 heavy (non-hydrogen) atoms.